The van der Waals surface area contributed by atoms with Crippen LogP contribution >= 0.6 is 0 Å². The second kappa shape index (κ2) is 16.9. The number of benzene rings is 7. The van der Waals surface area contributed by atoms with Crippen LogP contribution in [-0.4, -0.2) is 29.1 Å². The topological polar surface area (TPSA) is 61.4 Å². The third kappa shape index (κ3) is 7.54. The number of halogens is 6. The number of pyridine rings is 2. The van der Waals surface area contributed by atoms with E-state index in [0.717, 1.165) is 51.1 Å². The van der Waals surface area contributed by atoms with Crippen LogP contribution in [0.4, 0.5) is 26.3 Å². The van der Waals surface area contributed by atoms with Crippen molar-refractivity contribution in [3.05, 3.63) is 217 Å². The van der Waals surface area contributed by atoms with Crippen molar-refractivity contribution < 1.29 is 26.3 Å². The number of aryl methyl sites for hydroxylation is 2. The Kier molecular flexibility index (Phi) is 10.4. The molecule has 0 aliphatic carbocycles. The second-order valence-electron chi connectivity index (χ2n) is 17.8. The van der Waals surface area contributed by atoms with Gasteiger partial charge >= 0.3 is 12.4 Å². The molecule has 0 bridgehead atoms. The summed E-state index contributed by atoms with van der Waals surface area (Å²) in [6.45, 7) is 4.00. The Morgan fingerprint density at radius 3 is 1.35 bits per heavy atom. The summed E-state index contributed by atoms with van der Waals surface area (Å²) < 4.78 is 89.9. The summed E-state index contributed by atoms with van der Waals surface area (Å²) >= 11 is 0. The summed E-state index contributed by atoms with van der Waals surface area (Å²) in [6.07, 6.45) is -2.07. The number of fused-ring (bicyclic) bond motifs is 6. The van der Waals surface area contributed by atoms with Gasteiger partial charge in [0.05, 0.1) is 56.0 Å². The molecule has 0 aliphatic heterocycles. The average molecular weight is 957 g/mol. The molecule has 6 nitrogen and oxygen atoms in total. The van der Waals surface area contributed by atoms with E-state index in [9.17, 15) is 26.3 Å². The summed E-state index contributed by atoms with van der Waals surface area (Å²) in [5.41, 5.74) is 10.7. The van der Waals surface area contributed by atoms with Crippen LogP contribution in [0.1, 0.15) is 22.3 Å². The molecule has 0 saturated carbocycles. The molecule has 7 aromatic carbocycles. The standard InChI is InChI=1S/C60H38F6N6/c1-35-24-26-67-33-48(35)38-16-20-56(71-52-14-8-6-12-42(52)44-30-40(59(61,62)63)18-22-54(44)71)46(28-38)51-32-50(37-10-4-3-5-11-37)69-58(70-51)47-29-39(49-34-68-27-25-36(49)2)17-21-57(47)72-53-15-9-7-13-43(53)45-31-41(60(64,65)66)19-23-55(45)72/h3-34H,1-2H3. The number of nitrogens with zero attached hydrogens (tertiary/aromatic N) is 6. The monoisotopic (exact) mass is 956 g/mol. The number of aromatic nitrogens is 6. The minimum Gasteiger partial charge on any atom is -0.309 e. The van der Waals surface area contributed by atoms with Crippen molar-refractivity contribution in [3.63, 3.8) is 0 Å². The first-order chi connectivity index (χ1) is 34.8. The van der Waals surface area contributed by atoms with Crippen molar-refractivity contribution in [2.75, 3.05) is 0 Å². The first-order valence-corrected chi connectivity index (χ1v) is 23.1. The molecule has 0 unspecified atom stereocenters. The van der Waals surface area contributed by atoms with Crippen molar-refractivity contribution >= 4 is 43.6 Å². The highest BCUT2D eigenvalue weighted by Gasteiger charge is 2.33. The highest BCUT2D eigenvalue weighted by Crippen LogP contribution is 2.44. The lowest BCUT2D eigenvalue weighted by molar-refractivity contribution is -0.138. The van der Waals surface area contributed by atoms with Crippen LogP contribution in [0.15, 0.2) is 195 Å². The zero-order valence-corrected chi connectivity index (χ0v) is 38.4. The molecule has 12 aromatic rings. The Morgan fingerprint density at radius 2 is 0.833 bits per heavy atom. The van der Waals surface area contributed by atoms with Crippen molar-refractivity contribution in [2.45, 2.75) is 26.2 Å². The summed E-state index contributed by atoms with van der Waals surface area (Å²) in [5.74, 6) is 0.313. The van der Waals surface area contributed by atoms with E-state index in [0.29, 0.717) is 83.3 Å². The SMILES string of the molecule is Cc1ccncc1-c1ccc(-n2c3ccccc3c3cc(C(F)(F)F)ccc32)c(-c2cc(-c3ccccc3)nc(-c3cc(-c4cnccc4C)ccc3-n3c4ccccc4c4cc(C(F)(F)F)ccc43)n2)c1. The van der Waals surface area contributed by atoms with Gasteiger partial charge in [-0.05, 0) is 127 Å². The van der Waals surface area contributed by atoms with E-state index in [4.69, 9.17) is 9.97 Å². The molecule has 0 fully saturated rings. The third-order valence-electron chi connectivity index (χ3n) is 13.5. The van der Waals surface area contributed by atoms with Gasteiger partial charge in [-0.15, -0.1) is 0 Å². The highest BCUT2D eigenvalue weighted by atomic mass is 19.4. The Morgan fingerprint density at radius 1 is 0.375 bits per heavy atom. The minimum atomic E-state index is -4.56. The Labute approximate surface area is 408 Å². The molecule has 350 valence electrons. The van der Waals surface area contributed by atoms with Crippen LogP contribution in [-0.2, 0) is 12.4 Å². The quantitative estimate of drug-likeness (QED) is 0.149. The fourth-order valence-electron chi connectivity index (χ4n) is 9.99. The fourth-order valence-corrected chi connectivity index (χ4v) is 9.99. The van der Waals surface area contributed by atoms with Crippen LogP contribution in [0.3, 0.4) is 0 Å². The fraction of sp³-hybridized carbons (Fsp3) is 0.0667. The average Bonchev–Trinajstić information content (AvgIpc) is 3.90. The molecule has 5 heterocycles. The van der Waals surface area contributed by atoms with Gasteiger partial charge in [0, 0.05) is 74.1 Å². The molecule has 0 saturated heterocycles. The van der Waals surface area contributed by atoms with Gasteiger partial charge in [-0.3, -0.25) is 9.97 Å². The van der Waals surface area contributed by atoms with Crippen molar-refractivity contribution in [1.82, 2.24) is 29.1 Å². The van der Waals surface area contributed by atoms with E-state index in [1.54, 1.807) is 24.8 Å². The van der Waals surface area contributed by atoms with Gasteiger partial charge < -0.3 is 9.13 Å². The van der Waals surface area contributed by atoms with Gasteiger partial charge in [-0.2, -0.15) is 26.3 Å². The smallest absolute Gasteiger partial charge is 0.309 e. The Balaban J connectivity index is 1.19. The lowest BCUT2D eigenvalue weighted by atomic mass is 9.96. The highest BCUT2D eigenvalue weighted by molar-refractivity contribution is 6.11. The first-order valence-electron chi connectivity index (χ1n) is 23.1. The van der Waals surface area contributed by atoms with Crippen LogP contribution in [0, 0.1) is 13.8 Å². The van der Waals surface area contributed by atoms with E-state index in [1.165, 1.54) is 24.3 Å². The molecule has 12 heteroatoms. The number of rotatable bonds is 7. The first kappa shape index (κ1) is 44.3. The van der Waals surface area contributed by atoms with Crippen LogP contribution in [0.25, 0.3) is 111 Å². The number of para-hydroxylation sites is 2. The zero-order chi connectivity index (χ0) is 49.5. The maximum atomic E-state index is 14.3. The predicted molar refractivity (Wildman–Crippen MR) is 273 cm³/mol. The molecule has 72 heavy (non-hydrogen) atoms. The lowest BCUT2D eigenvalue weighted by Crippen LogP contribution is -2.05. The predicted octanol–water partition coefficient (Wildman–Crippen LogP) is 16.5. The van der Waals surface area contributed by atoms with Gasteiger partial charge in [0.1, 0.15) is 0 Å². The molecule has 5 aromatic heterocycles. The minimum absolute atomic E-state index is 0.313. The number of alkyl halides is 6. The second-order valence-corrected chi connectivity index (χ2v) is 17.8. The van der Waals surface area contributed by atoms with Gasteiger partial charge in [0.2, 0.25) is 0 Å². The molecule has 0 radical (unpaired) electrons. The van der Waals surface area contributed by atoms with Crippen LogP contribution in [0.2, 0.25) is 0 Å². The summed E-state index contributed by atoms with van der Waals surface area (Å²) in [6, 6.07) is 49.8. The molecule has 12 rings (SSSR count). The van der Waals surface area contributed by atoms with Crippen molar-refractivity contribution in [2.24, 2.45) is 0 Å². The van der Waals surface area contributed by atoms with Gasteiger partial charge in [-0.25, -0.2) is 9.97 Å². The maximum absolute atomic E-state index is 14.3. The number of hydrogen-bond acceptors (Lipinski definition) is 4. The zero-order valence-electron chi connectivity index (χ0n) is 38.4. The molecule has 0 spiro atoms. The van der Waals surface area contributed by atoms with Crippen molar-refractivity contribution in [1.29, 1.82) is 0 Å². The van der Waals surface area contributed by atoms with E-state index < -0.39 is 23.5 Å². The summed E-state index contributed by atoms with van der Waals surface area (Å²) in [7, 11) is 0. The summed E-state index contributed by atoms with van der Waals surface area (Å²) in [4.78, 5) is 19.8. The number of hydrogen-bond donors (Lipinski definition) is 0. The van der Waals surface area contributed by atoms with Crippen LogP contribution < -0.4 is 0 Å². The normalized spacial score (nSPS) is 12.2. The molecular formula is C60H38F6N6. The molecule has 0 aliphatic rings. The van der Waals surface area contributed by atoms with E-state index in [2.05, 4.69) is 9.97 Å². The molecule has 0 amide bonds. The molecule has 0 atom stereocenters. The van der Waals surface area contributed by atoms with E-state index in [-0.39, 0.29) is 0 Å². The largest absolute Gasteiger partial charge is 0.416 e. The maximum Gasteiger partial charge on any atom is 0.416 e. The van der Waals surface area contributed by atoms with Gasteiger partial charge in [0.15, 0.2) is 5.82 Å². The van der Waals surface area contributed by atoms with Crippen LogP contribution in [0.5, 0.6) is 0 Å². The summed E-state index contributed by atoms with van der Waals surface area (Å²) in [5, 5.41) is 2.15. The lowest BCUT2D eigenvalue weighted by Gasteiger charge is -2.19. The molecule has 0 N–H and O–H groups in total. The Bertz CT molecular complexity index is 3870. The van der Waals surface area contributed by atoms with E-state index >= 15 is 0 Å². The van der Waals surface area contributed by atoms with Gasteiger partial charge in [-0.1, -0.05) is 78.9 Å². The van der Waals surface area contributed by atoms with E-state index in [1.807, 2.05) is 156 Å². The molecular weight excluding hydrogens is 919 g/mol. The Hall–Kier alpha value is -8.90. The van der Waals surface area contributed by atoms with Gasteiger partial charge in [0.25, 0.3) is 0 Å². The van der Waals surface area contributed by atoms with Crippen molar-refractivity contribution in [3.8, 4) is 67.5 Å². The third-order valence-corrected chi connectivity index (χ3v) is 13.5.